The minimum atomic E-state index is 0.131. The number of rotatable bonds is 2. The van der Waals surface area contributed by atoms with Crippen LogP contribution in [0.1, 0.15) is 9.67 Å². The first kappa shape index (κ1) is 14.9. The molecular formula is C15H14BrClN2OS. The molecule has 3 nitrogen and oxygen atoms in total. The molecular weight excluding hydrogens is 372 g/mol. The fraction of sp³-hybridized carbons (Fsp3) is 0.267. The largest absolute Gasteiger partial charge is 0.367 e. The predicted molar refractivity (Wildman–Crippen MR) is 91.6 cm³/mol. The lowest BCUT2D eigenvalue weighted by Gasteiger charge is -2.36. The summed E-state index contributed by atoms with van der Waals surface area (Å²) >= 11 is 11.2. The molecule has 1 aromatic heterocycles. The highest BCUT2D eigenvalue weighted by molar-refractivity contribution is 9.10. The number of hydrogen-bond acceptors (Lipinski definition) is 3. The Kier molecular flexibility index (Phi) is 4.52. The van der Waals surface area contributed by atoms with Gasteiger partial charge in [-0.15, -0.1) is 11.3 Å². The molecule has 1 aliphatic rings. The van der Waals surface area contributed by atoms with Gasteiger partial charge in [0.05, 0.1) is 15.6 Å². The molecule has 0 saturated carbocycles. The molecule has 110 valence electrons. The van der Waals surface area contributed by atoms with Crippen molar-refractivity contribution in [1.82, 2.24) is 4.90 Å². The van der Waals surface area contributed by atoms with Crippen molar-refractivity contribution in [3.8, 4) is 0 Å². The van der Waals surface area contributed by atoms with Gasteiger partial charge in [0.1, 0.15) is 0 Å². The summed E-state index contributed by atoms with van der Waals surface area (Å²) in [7, 11) is 0. The van der Waals surface area contributed by atoms with Crippen LogP contribution in [0, 0.1) is 0 Å². The summed E-state index contributed by atoms with van der Waals surface area (Å²) in [5.74, 6) is 0.131. The Labute approximate surface area is 141 Å². The molecule has 1 amide bonds. The number of hydrogen-bond donors (Lipinski definition) is 0. The van der Waals surface area contributed by atoms with Crippen LogP contribution in [0.4, 0.5) is 5.69 Å². The van der Waals surface area contributed by atoms with Crippen molar-refractivity contribution >= 4 is 50.5 Å². The molecule has 21 heavy (non-hydrogen) atoms. The van der Waals surface area contributed by atoms with E-state index in [1.54, 1.807) is 0 Å². The molecule has 1 fully saturated rings. The maximum Gasteiger partial charge on any atom is 0.264 e. The average Bonchev–Trinajstić information content (AvgIpc) is 3.01. The number of halogens is 2. The predicted octanol–water partition coefficient (Wildman–Crippen LogP) is 4.13. The van der Waals surface area contributed by atoms with Crippen LogP contribution in [0.5, 0.6) is 0 Å². The first-order valence-electron chi connectivity index (χ1n) is 6.68. The highest BCUT2D eigenvalue weighted by Crippen LogP contribution is 2.29. The van der Waals surface area contributed by atoms with Crippen LogP contribution < -0.4 is 4.90 Å². The molecule has 0 atom stereocenters. The van der Waals surface area contributed by atoms with Crippen LogP contribution >= 0.6 is 38.9 Å². The monoisotopic (exact) mass is 384 g/mol. The Balaban J connectivity index is 1.66. The molecule has 0 unspecified atom stereocenters. The lowest BCUT2D eigenvalue weighted by atomic mass is 10.2. The third-order valence-corrected chi connectivity index (χ3v) is 5.20. The van der Waals surface area contributed by atoms with Gasteiger partial charge in [0.15, 0.2) is 0 Å². The zero-order valence-corrected chi connectivity index (χ0v) is 14.4. The first-order chi connectivity index (χ1) is 10.1. The summed E-state index contributed by atoms with van der Waals surface area (Å²) < 4.78 is 0.975. The van der Waals surface area contributed by atoms with Gasteiger partial charge in [0, 0.05) is 30.7 Å². The molecule has 0 radical (unpaired) electrons. The summed E-state index contributed by atoms with van der Waals surface area (Å²) in [5.41, 5.74) is 1.03. The van der Waals surface area contributed by atoms with Gasteiger partial charge in [-0.1, -0.05) is 33.6 Å². The van der Waals surface area contributed by atoms with Gasteiger partial charge in [-0.2, -0.15) is 0 Å². The molecule has 0 aliphatic carbocycles. The zero-order chi connectivity index (χ0) is 14.8. The van der Waals surface area contributed by atoms with E-state index in [2.05, 4.69) is 20.8 Å². The smallest absolute Gasteiger partial charge is 0.264 e. The van der Waals surface area contributed by atoms with Gasteiger partial charge < -0.3 is 9.80 Å². The molecule has 0 bridgehead atoms. The highest BCUT2D eigenvalue weighted by atomic mass is 79.9. The minimum Gasteiger partial charge on any atom is -0.367 e. The average molecular weight is 386 g/mol. The van der Waals surface area contributed by atoms with Crippen molar-refractivity contribution in [3.05, 3.63) is 50.1 Å². The van der Waals surface area contributed by atoms with Gasteiger partial charge in [0.25, 0.3) is 5.91 Å². The van der Waals surface area contributed by atoms with Crippen LogP contribution in [0.15, 0.2) is 40.2 Å². The Morgan fingerprint density at radius 1 is 1.19 bits per heavy atom. The number of carbonyl (C=O) groups is 1. The number of piperazine rings is 1. The van der Waals surface area contributed by atoms with E-state index in [1.807, 2.05) is 40.6 Å². The van der Waals surface area contributed by atoms with Crippen molar-refractivity contribution < 1.29 is 4.79 Å². The van der Waals surface area contributed by atoms with E-state index in [4.69, 9.17) is 11.6 Å². The van der Waals surface area contributed by atoms with Crippen LogP contribution in [0.2, 0.25) is 5.02 Å². The summed E-state index contributed by atoms with van der Waals surface area (Å²) in [6, 6.07) is 9.70. The lowest BCUT2D eigenvalue weighted by molar-refractivity contribution is 0.0751. The Morgan fingerprint density at radius 2 is 1.95 bits per heavy atom. The zero-order valence-electron chi connectivity index (χ0n) is 11.3. The van der Waals surface area contributed by atoms with Crippen molar-refractivity contribution in [1.29, 1.82) is 0 Å². The fourth-order valence-corrected chi connectivity index (χ4v) is 3.93. The number of benzene rings is 1. The van der Waals surface area contributed by atoms with E-state index in [0.29, 0.717) is 0 Å². The van der Waals surface area contributed by atoms with Crippen molar-refractivity contribution in [2.24, 2.45) is 0 Å². The van der Waals surface area contributed by atoms with Crippen molar-refractivity contribution in [3.63, 3.8) is 0 Å². The number of carbonyl (C=O) groups excluding carboxylic acids is 1. The maximum absolute atomic E-state index is 12.3. The molecule has 0 spiro atoms. The number of nitrogens with zero attached hydrogens (tertiary/aromatic N) is 2. The maximum atomic E-state index is 12.3. The second-order valence-corrected chi connectivity index (χ2v) is 7.12. The van der Waals surface area contributed by atoms with Crippen LogP contribution in [0.25, 0.3) is 0 Å². The lowest BCUT2D eigenvalue weighted by Crippen LogP contribution is -2.48. The third-order valence-electron chi connectivity index (χ3n) is 3.55. The molecule has 2 heterocycles. The van der Waals surface area contributed by atoms with Gasteiger partial charge in [-0.25, -0.2) is 0 Å². The Morgan fingerprint density at radius 3 is 2.57 bits per heavy atom. The standard InChI is InChI=1S/C15H14BrClN2OS/c16-11-3-4-13(12(17)10-11)18-5-7-19(8-6-18)15(20)14-2-1-9-21-14/h1-4,9-10H,5-8H2. The summed E-state index contributed by atoms with van der Waals surface area (Å²) in [5, 5.41) is 2.67. The van der Waals surface area contributed by atoms with Crippen molar-refractivity contribution in [2.75, 3.05) is 31.1 Å². The number of anilines is 1. The molecule has 0 N–H and O–H groups in total. The highest BCUT2D eigenvalue weighted by Gasteiger charge is 2.23. The summed E-state index contributed by atoms with van der Waals surface area (Å²) in [6.07, 6.45) is 0. The second kappa shape index (κ2) is 6.38. The third kappa shape index (κ3) is 3.25. The van der Waals surface area contributed by atoms with Gasteiger partial charge in [-0.3, -0.25) is 4.79 Å². The first-order valence-corrected chi connectivity index (χ1v) is 8.73. The van der Waals surface area contributed by atoms with E-state index in [0.717, 1.165) is 46.2 Å². The van der Waals surface area contributed by atoms with Gasteiger partial charge in [0.2, 0.25) is 0 Å². The van der Waals surface area contributed by atoms with E-state index in [1.165, 1.54) is 11.3 Å². The van der Waals surface area contributed by atoms with E-state index < -0.39 is 0 Å². The number of thiophene rings is 1. The second-order valence-electron chi connectivity index (χ2n) is 4.85. The molecule has 1 aromatic carbocycles. The van der Waals surface area contributed by atoms with E-state index in [-0.39, 0.29) is 5.91 Å². The van der Waals surface area contributed by atoms with Crippen LogP contribution in [-0.2, 0) is 0 Å². The molecule has 2 aromatic rings. The minimum absolute atomic E-state index is 0.131. The SMILES string of the molecule is O=C(c1cccs1)N1CCN(c2ccc(Br)cc2Cl)CC1. The molecule has 3 rings (SSSR count). The summed E-state index contributed by atoms with van der Waals surface area (Å²) in [6.45, 7) is 3.06. The van der Waals surface area contributed by atoms with E-state index in [9.17, 15) is 4.79 Å². The van der Waals surface area contributed by atoms with Gasteiger partial charge in [-0.05, 0) is 29.6 Å². The van der Waals surface area contributed by atoms with Crippen molar-refractivity contribution in [2.45, 2.75) is 0 Å². The van der Waals surface area contributed by atoms with Crippen LogP contribution in [0.3, 0.4) is 0 Å². The Bertz CT molecular complexity index is 639. The molecule has 6 heteroatoms. The fourth-order valence-electron chi connectivity index (χ4n) is 2.44. The van der Waals surface area contributed by atoms with Gasteiger partial charge >= 0.3 is 0 Å². The topological polar surface area (TPSA) is 23.6 Å². The van der Waals surface area contributed by atoms with Crippen LogP contribution in [-0.4, -0.2) is 37.0 Å². The van der Waals surface area contributed by atoms with E-state index >= 15 is 0 Å². The number of amides is 1. The quantitative estimate of drug-likeness (QED) is 0.776. The Hall–Kier alpha value is -1.04. The molecule has 1 aliphatic heterocycles. The molecule has 1 saturated heterocycles. The normalized spacial score (nSPS) is 15.3. The summed E-state index contributed by atoms with van der Waals surface area (Å²) in [4.78, 5) is 17.3.